The van der Waals surface area contributed by atoms with Crippen molar-refractivity contribution < 1.29 is 0 Å². The van der Waals surface area contributed by atoms with Gasteiger partial charge in [0.25, 0.3) is 0 Å². The third-order valence-electron chi connectivity index (χ3n) is 5.39. The van der Waals surface area contributed by atoms with Crippen LogP contribution in [-0.4, -0.2) is 36.6 Å². The van der Waals surface area contributed by atoms with Crippen LogP contribution < -0.4 is 5.32 Å². The van der Waals surface area contributed by atoms with Gasteiger partial charge >= 0.3 is 0 Å². The number of rotatable bonds is 3. The molecule has 2 nitrogen and oxygen atoms in total. The van der Waals surface area contributed by atoms with Crippen molar-refractivity contribution in [2.45, 2.75) is 78.3 Å². The number of hydrogen-bond donors (Lipinski definition) is 1. The molecule has 1 N–H and O–H groups in total. The molecule has 0 amide bonds. The largest absolute Gasteiger partial charge is 0.313 e. The number of hydrogen-bond acceptors (Lipinski definition) is 2. The van der Waals surface area contributed by atoms with E-state index in [1.165, 1.54) is 51.6 Å². The van der Waals surface area contributed by atoms with Crippen molar-refractivity contribution >= 4 is 0 Å². The number of likely N-dealkylation sites (N-methyl/N-ethyl adjacent to an activating group) is 1. The maximum Gasteiger partial charge on any atom is 0.0251 e. The fraction of sp³-hybridized carbons (Fsp3) is 1.00. The van der Waals surface area contributed by atoms with Crippen LogP contribution in [0.25, 0.3) is 0 Å². The molecular weight excluding hydrogens is 232 g/mol. The number of nitrogens with zero attached hydrogens (tertiary/aromatic N) is 1. The molecule has 3 atom stereocenters. The van der Waals surface area contributed by atoms with E-state index < -0.39 is 0 Å². The Bertz CT molecular complexity index is 274. The Hall–Kier alpha value is -0.0800. The van der Waals surface area contributed by atoms with E-state index in [0.717, 1.165) is 24.5 Å². The van der Waals surface area contributed by atoms with Gasteiger partial charge in [-0.2, -0.15) is 0 Å². The van der Waals surface area contributed by atoms with Crippen molar-refractivity contribution in [2.24, 2.45) is 11.3 Å². The van der Waals surface area contributed by atoms with Crippen molar-refractivity contribution in [2.75, 3.05) is 19.6 Å². The summed E-state index contributed by atoms with van der Waals surface area (Å²) in [6.45, 7) is 13.3. The predicted molar refractivity (Wildman–Crippen MR) is 83.5 cm³/mol. The van der Waals surface area contributed by atoms with Crippen molar-refractivity contribution in [3.05, 3.63) is 0 Å². The van der Waals surface area contributed by atoms with Gasteiger partial charge in [-0.3, -0.25) is 4.90 Å². The molecule has 1 saturated carbocycles. The number of nitrogens with one attached hydrogen (secondary N) is 1. The monoisotopic (exact) mass is 266 g/mol. The summed E-state index contributed by atoms with van der Waals surface area (Å²) in [4.78, 5) is 2.82. The highest BCUT2D eigenvalue weighted by molar-refractivity contribution is 4.91. The molecule has 2 heteroatoms. The van der Waals surface area contributed by atoms with E-state index in [-0.39, 0.29) is 0 Å². The minimum absolute atomic E-state index is 0.558. The number of likely N-dealkylation sites (tertiary alicyclic amines) is 1. The molecule has 2 rings (SSSR count). The van der Waals surface area contributed by atoms with Crippen LogP contribution in [0.5, 0.6) is 0 Å². The molecule has 0 radical (unpaired) electrons. The standard InChI is InChI=1S/C17H34N2/c1-5-18-15-8-7-14(2)13-16(15)19-11-6-9-17(3,4)10-12-19/h14-16,18H,5-13H2,1-4H3. The van der Waals surface area contributed by atoms with Crippen LogP contribution in [0.15, 0.2) is 0 Å². The van der Waals surface area contributed by atoms with E-state index in [4.69, 9.17) is 0 Å². The predicted octanol–water partition coefficient (Wildman–Crippen LogP) is 3.67. The molecule has 1 aliphatic carbocycles. The Kier molecular flexibility index (Phi) is 5.30. The lowest BCUT2D eigenvalue weighted by Gasteiger charge is -2.42. The van der Waals surface area contributed by atoms with E-state index in [0.29, 0.717) is 5.41 Å². The fourth-order valence-corrected chi connectivity index (χ4v) is 4.03. The fourth-order valence-electron chi connectivity index (χ4n) is 4.03. The summed E-state index contributed by atoms with van der Waals surface area (Å²) in [6, 6.07) is 1.53. The van der Waals surface area contributed by atoms with Gasteiger partial charge in [-0.1, -0.05) is 27.7 Å². The Morgan fingerprint density at radius 2 is 1.95 bits per heavy atom. The molecule has 112 valence electrons. The molecule has 0 bridgehead atoms. The van der Waals surface area contributed by atoms with E-state index >= 15 is 0 Å². The molecule has 0 aromatic heterocycles. The highest BCUT2D eigenvalue weighted by Gasteiger charge is 2.34. The van der Waals surface area contributed by atoms with Crippen LogP contribution in [0.2, 0.25) is 0 Å². The van der Waals surface area contributed by atoms with Crippen LogP contribution in [0.4, 0.5) is 0 Å². The Morgan fingerprint density at radius 3 is 2.68 bits per heavy atom. The van der Waals surface area contributed by atoms with Crippen LogP contribution in [-0.2, 0) is 0 Å². The summed E-state index contributed by atoms with van der Waals surface area (Å²) in [6.07, 6.45) is 8.34. The normalized spacial score (nSPS) is 36.9. The lowest BCUT2D eigenvalue weighted by atomic mass is 9.82. The second-order valence-electron chi connectivity index (χ2n) is 7.70. The highest BCUT2D eigenvalue weighted by atomic mass is 15.2. The maximum absolute atomic E-state index is 3.75. The summed E-state index contributed by atoms with van der Waals surface area (Å²) in [5.41, 5.74) is 0.558. The summed E-state index contributed by atoms with van der Waals surface area (Å²) >= 11 is 0. The van der Waals surface area contributed by atoms with Gasteiger partial charge in [0, 0.05) is 12.1 Å². The van der Waals surface area contributed by atoms with Gasteiger partial charge in [-0.25, -0.2) is 0 Å². The molecule has 19 heavy (non-hydrogen) atoms. The van der Waals surface area contributed by atoms with Gasteiger partial charge in [-0.05, 0) is 69.5 Å². The SMILES string of the molecule is CCNC1CCC(C)CC1N1CCCC(C)(C)CC1. The first-order valence-electron chi connectivity index (χ1n) is 8.49. The van der Waals surface area contributed by atoms with Gasteiger partial charge in [-0.15, -0.1) is 0 Å². The lowest BCUT2D eigenvalue weighted by molar-refractivity contribution is 0.102. The second kappa shape index (κ2) is 6.58. The summed E-state index contributed by atoms with van der Waals surface area (Å²) in [5.74, 6) is 0.913. The lowest BCUT2D eigenvalue weighted by Crippen LogP contribution is -2.53. The molecule has 2 fully saturated rings. The third-order valence-corrected chi connectivity index (χ3v) is 5.39. The van der Waals surface area contributed by atoms with Crippen molar-refractivity contribution in [1.29, 1.82) is 0 Å². The van der Waals surface area contributed by atoms with Gasteiger partial charge in [0.1, 0.15) is 0 Å². The minimum Gasteiger partial charge on any atom is -0.313 e. The quantitative estimate of drug-likeness (QED) is 0.838. The van der Waals surface area contributed by atoms with Crippen molar-refractivity contribution in [3.8, 4) is 0 Å². The molecule has 1 heterocycles. The van der Waals surface area contributed by atoms with Gasteiger partial charge in [0.05, 0.1) is 0 Å². The van der Waals surface area contributed by atoms with E-state index in [1.54, 1.807) is 0 Å². The zero-order valence-electron chi connectivity index (χ0n) is 13.5. The van der Waals surface area contributed by atoms with E-state index in [2.05, 4.69) is 37.9 Å². The zero-order chi connectivity index (χ0) is 13.9. The molecule has 2 aliphatic rings. The van der Waals surface area contributed by atoms with Crippen LogP contribution in [0.1, 0.15) is 66.2 Å². The van der Waals surface area contributed by atoms with Crippen LogP contribution in [0, 0.1) is 11.3 Å². The van der Waals surface area contributed by atoms with Gasteiger partial charge in [0.15, 0.2) is 0 Å². The molecule has 0 spiro atoms. The van der Waals surface area contributed by atoms with Crippen molar-refractivity contribution in [3.63, 3.8) is 0 Å². The molecule has 0 aromatic carbocycles. The molecule has 3 unspecified atom stereocenters. The molecule has 0 aromatic rings. The Morgan fingerprint density at radius 1 is 1.16 bits per heavy atom. The first kappa shape index (κ1) is 15.3. The molecule has 1 saturated heterocycles. The van der Waals surface area contributed by atoms with Crippen LogP contribution >= 0.6 is 0 Å². The second-order valence-corrected chi connectivity index (χ2v) is 7.70. The van der Waals surface area contributed by atoms with Gasteiger partial charge in [0.2, 0.25) is 0 Å². The summed E-state index contributed by atoms with van der Waals surface area (Å²) in [7, 11) is 0. The topological polar surface area (TPSA) is 15.3 Å². The molecular formula is C17H34N2. The smallest absolute Gasteiger partial charge is 0.0251 e. The maximum atomic E-state index is 3.75. The van der Waals surface area contributed by atoms with Gasteiger partial charge < -0.3 is 5.32 Å². The molecule has 1 aliphatic heterocycles. The summed E-state index contributed by atoms with van der Waals surface area (Å²) in [5, 5.41) is 3.75. The van der Waals surface area contributed by atoms with E-state index in [9.17, 15) is 0 Å². The third kappa shape index (κ3) is 4.19. The van der Waals surface area contributed by atoms with E-state index in [1.807, 2.05) is 0 Å². The minimum atomic E-state index is 0.558. The Labute approximate surface area is 120 Å². The average Bonchev–Trinajstić information content (AvgIpc) is 2.53. The average molecular weight is 266 g/mol. The summed E-state index contributed by atoms with van der Waals surface area (Å²) < 4.78 is 0. The first-order chi connectivity index (χ1) is 9.02. The highest BCUT2D eigenvalue weighted by Crippen LogP contribution is 2.34. The first-order valence-corrected chi connectivity index (χ1v) is 8.49. The van der Waals surface area contributed by atoms with Crippen LogP contribution in [0.3, 0.4) is 0 Å². The van der Waals surface area contributed by atoms with Crippen molar-refractivity contribution in [1.82, 2.24) is 10.2 Å². The Balaban J connectivity index is 2.00. The zero-order valence-corrected chi connectivity index (χ0v) is 13.5.